The van der Waals surface area contributed by atoms with Crippen LogP contribution in [0.3, 0.4) is 0 Å². The fourth-order valence-electron chi connectivity index (χ4n) is 1.42. The average molecular weight is 345 g/mol. The quantitative estimate of drug-likeness (QED) is 0.828. The number of rotatable bonds is 3. The normalized spacial score (nSPS) is 10.7. The summed E-state index contributed by atoms with van der Waals surface area (Å²) >= 11 is 2.01. The fraction of sp³-hybridized carbons (Fsp3) is 0.300. The molecule has 7 heteroatoms. The molecule has 0 aromatic carbocycles. The van der Waals surface area contributed by atoms with Crippen molar-refractivity contribution < 1.29 is 0 Å². The monoisotopic (exact) mass is 345 g/mol. The van der Waals surface area contributed by atoms with Gasteiger partial charge >= 0.3 is 0 Å². The molecule has 2 aromatic rings. The zero-order chi connectivity index (χ0) is 12.4. The van der Waals surface area contributed by atoms with Crippen molar-refractivity contribution in [2.75, 3.05) is 5.73 Å². The highest BCUT2D eigenvalue weighted by Gasteiger charge is 2.05. The van der Waals surface area contributed by atoms with E-state index in [-0.39, 0.29) is 5.56 Å². The summed E-state index contributed by atoms with van der Waals surface area (Å²) in [5.74, 6) is 0. The van der Waals surface area contributed by atoms with Gasteiger partial charge in [-0.2, -0.15) is 5.10 Å². The first kappa shape index (κ1) is 12.1. The minimum absolute atomic E-state index is 0.0155. The third-order valence-electron chi connectivity index (χ3n) is 2.38. The van der Waals surface area contributed by atoms with Crippen LogP contribution in [0.15, 0.2) is 23.5 Å². The Balaban J connectivity index is 2.15. The summed E-state index contributed by atoms with van der Waals surface area (Å²) in [6.07, 6.45) is 4.88. The summed E-state index contributed by atoms with van der Waals surface area (Å²) in [5, 5.41) is 4.05. The van der Waals surface area contributed by atoms with E-state index in [1.165, 1.54) is 0 Å². The SMILES string of the molecule is Cc1ncn(CCn2cc(N)cn2)c(=O)c1I. The molecule has 0 aliphatic heterocycles. The lowest BCUT2D eigenvalue weighted by Crippen LogP contribution is -2.26. The van der Waals surface area contributed by atoms with Gasteiger partial charge in [-0.05, 0) is 29.5 Å². The van der Waals surface area contributed by atoms with Gasteiger partial charge in [0, 0.05) is 12.7 Å². The number of nitrogens with zero attached hydrogens (tertiary/aromatic N) is 4. The van der Waals surface area contributed by atoms with Crippen molar-refractivity contribution in [2.45, 2.75) is 20.0 Å². The smallest absolute Gasteiger partial charge is 0.267 e. The van der Waals surface area contributed by atoms with E-state index < -0.39 is 0 Å². The van der Waals surface area contributed by atoms with Crippen LogP contribution in [-0.2, 0) is 13.1 Å². The molecule has 90 valence electrons. The van der Waals surface area contributed by atoms with Crippen molar-refractivity contribution in [3.05, 3.63) is 38.3 Å². The molecule has 17 heavy (non-hydrogen) atoms. The van der Waals surface area contributed by atoms with Gasteiger partial charge in [-0.25, -0.2) is 4.98 Å². The molecule has 0 unspecified atom stereocenters. The summed E-state index contributed by atoms with van der Waals surface area (Å²) < 4.78 is 3.94. The van der Waals surface area contributed by atoms with Gasteiger partial charge in [0.05, 0.1) is 34.0 Å². The summed E-state index contributed by atoms with van der Waals surface area (Å²) in [7, 11) is 0. The van der Waals surface area contributed by atoms with Gasteiger partial charge in [0.1, 0.15) is 0 Å². The van der Waals surface area contributed by atoms with Crippen molar-refractivity contribution in [1.29, 1.82) is 0 Å². The molecular weight excluding hydrogens is 333 g/mol. The average Bonchev–Trinajstić information content (AvgIpc) is 2.71. The summed E-state index contributed by atoms with van der Waals surface area (Å²) in [6.45, 7) is 2.95. The Bertz CT molecular complexity index is 589. The van der Waals surface area contributed by atoms with Crippen LogP contribution < -0.4 is 11.3 Å². The van der Waals surface area contributed by atoms with Gasteiger partial charge in [-0.15, -0.1) is 0 Å². The number of nitrogen functional groups attached to an aromatic ring is 1. The molecule has 2 aromatic heterocycles. The summed E-state index contributed by atoms with van der Waals surface area (Å²) in [5.41, 5.74) is 6.92. The van der Waals surface area contributed by atoms with Gasteiger partial charge in [0.15, 0.2) is 0 Å². The van der Waals surface area contributed by atoms with E-state index in [4.69, 9.17) is 5.73 Å². The first-order chi connectivity index (χ1) is 8.08. The topological polar surface area (TPSA) is 78.7 Å². The highest BCUT2D eigenvalue weighted by molar-refractivity contribution is 14.1. The Morgan fingerprint density at radius 3 is 2.88 bits per heavy atom. The lowest BCUT2D eigenvalue weighted by molar-refractivity contribution is 0.517. The number of hydrogen-bond donors (Lipinski definition) is 1. The molecule has 0 radical (unpaired) electrons. The second-order valence-corrected chi connectivity index (χ2v) is 4.76. The minimum Gasteiger partial charge on any atom is -0.396 e. The maximum Gasteiger partial charge on any atom is 0.267 e. The van der Waals surface area contributed by atoms with E-state index in [2.05, 4.69) is 10.1 Å². The predicted octanol–water partition coefficient (Wildman–Crippen LogP) is 0.635. The van der Waals surface area contributed by atoms with Gasteiger partial charge in [0.25, 0.3) is 5.56 Å². The summed E-state index contributed by atoms with van der Waals surface area (Å²) in [4.78, 5) is 16.0. The maximum atomic E-state index is 11.9. The molecule has 0 spiro atoms. The lowest BCUT2D eigenvalue weighted by Gasteiger charge is -2.06. The summed E-state index contributed by atoms with van der Waals surface area (Å²) in [6, 6.07) is 0. The third-order valence-corrected chi connectivity index (χ3v) is 3.62. The van der Waals surface area contributed by atoms with E-state index in [1.807, 2.05) is 29.5 Å². The zero-order valence-corrected chi connectivity index (χ0v) is 11.5. The zero-order valence-electron chi connectivity index (χ0n) is 9.30. The Morgan fingerprint density at radius 1 is 1.47 bits per heavy atom. The molecule has 6 nitrogen and oxygen atoms in total. The number of halogens is 1. The molecule has 0 saturated heterocycles. The van der Waals surface area contributed by atoms with Crippen LogP contribution in [0.2, 0.25) is 0 Å². The Labute approximate surface area is 112 Å². The van der Waals surface area contributed by atoms with Crippen LogP contribution in [0, 0.1) is 10.5 Å². The van der Waals surface area contributed by atoms with Crippen LogP contribution in [-0.4, -0.2) is 19.3 Å². The molecule has 0 amide bonds. The standard InChI is InChI=1S/C10H12IN5O/c1-7-9(11)10(17)15(6-13-7)2-3-16-5-8(12)4-14-16/h4-6H,2-3,12H2,1H3. The van der Waals surface area contributed by atoms with E-state index in [0.717, 1.165) is 5.69 Å². The van der Waals surface area contributed by atoms with Gasteiger partial charge < -0.3 is 5.73 Å². The molecule has 0 fully saturated rings. The molecule has 2 rings (SSSR count). The number of anilines is 1. The fourth-order valence-corrected chi connectivity index (χ4v) is 1.87. The lowest BCUT2D eigenvalue weighted by atomic mass is 10.4. The first-order valence-corrected chi connectivity index (χ1v) is 6.15. The molecule has 0 atom stereocenters. The van der Waals surface area contributed by atoms with Gasteiger partial charge in [-0.1, -0.05) is 0 Å². The first-order valence-electron chi connectivity index (χ1n) is 5.07. The van der Waals surface area contributed by atoms with E-state index in [1.54, 1.807) is 28.0 Å². The maximum absolute atomic E-state index is 11.9. The Hall–Kier alpha value is -1.38. The molecule has 0 aliphatic carbocycles. The molecule has 2 heterocycles. The number of aryl methyl sites for hydroxylation is 3. The molecule has 0 aliphatic rings. The highest BCUT2D eigenvalue weighted by atomic mass is 127. The van der Waals surface area contributed by atoms with Crippen molar-refractivity contribution in [3.8, 4) is 0 Å². The van der Waals surface area contributed by atoms with E-state index >= 15 is 0 Å². The van der Waals surface area contributed by atoms with Crippen LogP contribution >= 0.6 is 22.6 Å². The number of nitrogens with two attached hydrogens (primary N) is 1. The highest BCUT2D eigenvalue weighted by Crippen LogP contribution is 2.02. The van der Waals surface area contributed by atoms with Crippen LogP contribution in [0.25, 0.3) is 0 Å². The number of aromatic nitrogens is 4. The van der Waals surface area contributed by atoms with Crippen LogP contribution in [0.5, 0.6) is 0 Å². The van der Waals surface area contributed by atoms with Crippen molar-refractivity contribution in [2.24, 2.45) is 0 Å². The van der Waals surface area contributed by atoms with Crippen molar-refractivity contribution in [1.82, 2.24) is 19.3 Å². The van der Waals surface area contributed by atoms with Crippen LogP contribution in [0.1, 0.15) is 5.69 Å². The minimum atomic E-state index is -0.0155. The molecular formula is C10H12IN5O. The second-order valence-electron chi connectivity index (χ2n) is 3.68. The predicted molar refractivity (Wildman–Crippen MR) is 72.6 cm³/mol. The van der Waals surface area contributed by atoms with Gasteiger partial charge in [0.2, 0.25) is 0 Å². The molecule has 0 bridgehead atoms. The Kier molecular flexibility index (Phi) is 3.46. The number of hydrogen-bond acceptors (Lipinski definition) is 4. The molecule has 2 N–H and O–H groups in total. The molecule has 0 saturated carbocycles. The van der Waals surface area contributed by atoms with Crippen LogP contribution in [0.4, 0.5) is 5.69 Å². The third kappa shape index (κ3) is 2.65. The Morgan fingerprint density at radius 2 is 2.24 bits per heavy atom. The van der Waals surface area contributed by atoms with E-state index in [9.17, 15) is 4.79 Å². The van der Waals surface area contributed by atoms with Crippen molar-refractivity contribution >= 4 is 28.3 Å². The van der Waals surface area contributed by atoms with Gasteiger partial charge in [-0.3, -0.25) is 14.0 Å². The van der Waals surface area contributed by atoms with E-state index in [0.29, 0.717) is 22.3 Å². The largest absolute Gasteiger partial charge is 0.396 e. The second kappa shape index (κ2) is 4.86. The van der Waals surface area contributed by atoms with Crippen molar-refractivity contribution in [3.63, 3.8) is 0 Å².